The predicted molar refractivity (Wildman–Crippen MR) is 62.2 cm³/mol. The minimum atomic E-state index is -0.811. The summed E-state index contributed by atoms with van der Waals surface area (Å²) in [4.78, 5) is 13.1. The van der Waals surface area contributed by atoms with E-state index in [2.05, 4.69) is 0 Å². The van der Waals surface area contributed by atoms with Gasteiger partial charge in [-0.05, 0) is 43.5 Å². The van der Waals surface area contributed by atoms with Crippen LogP contribution in [0.3, 0.4) is 0 Å². The van der Waals surface area contributed by atoms with Gasteiger partial charge in [-0.25, -0.2) is 4.39 Å². The molecule has 1 aromatic rings. The molecule has 0 radical (unpaired) electrons. The second-order valence-corrected chi connectivity index (χ2v) is 4.74. The molecule has 1 aliphatic heterocycles. The minimum absolute atomic E-state index is 0.132. The molecule has 0 spiro atoms. The van der Waals surface area contributed by atoms with Crippen molar-refractivity contribution in [3.63, 3.8) is 0 Å². The third-order valence-corrected chi connectivity index (χ3v) is 3.28. The molecule has 0 saturated carbocycles. The summed E-state index contributed by atoms with van der Waals surface area (Å²) in [6.07, 6.45) is 0.448. The normalized spacial score (nSPS) is 20.4. The van der Waals surface area contributed by atoms with Crippen molar-refractivity contribution in [3.05, 3.63) is 35.1 Å². The molecule has 0 saturated heterocycles. The summed E-state index contributed by atoms with van der Waals surface area (Å²) >= 11 is 0. The SMILES string of the molecule is CC(C)N1Cc2cc(F)ccc2CC1C(=O)O. The lowest BCUT2D eigenvalue weighted by Gasteiger charge is -2.37. The average molecular weight is 237 g/mol. The number of fused-ring (bicyclic) bond motifs is 1. The third kappa shape index (κ3) is 2.31. The highest BCUT2D eigenvalue weighted by molar-refractivity contribution is 5.74. The number of benzene rings is 1. The molecule has 1 N–H and O–H groups in total. The van der Waals surface area contributed by atoms with Gasteiger partial charge in [0.05, 0.1) is 0 Å². The first kappa shape index (κ1) is 12.0. The average Bonchev–Trinajstić information content (AvgIpc) is 2.26. The monoisotopic (exact) mass is 237 g/mol. The van der Waals surface area contributed by atoms with Crippen molar-refractivity contribution in [3.8, 4) is 0 Å². The summed E-state index contributed by atoms with van der Waals surface area (Å²) in [5, 5.41) is 9.22. The number of aliphatic carboxylic acids is 1. The van der Waals surface area contributed by atoms with Crippen LogP contribution < -0.4 is 0 Å². The number of nitrogens with zero attached hydrogens (tertiary/aromatic N) is 1. The summed E-state index contributed by atoms with van der Waals surface area (Å²) in [7, 11) is 0. The first-order valence-corrected chi connectivity index (χ1v) is 5.75. The van der Waals surface area contributed by atoms with Gasteiger partial charge in [-0.3, -0.25) is 9.69 Å². The van der Waals surface area contributed by atoms with Crippen LogP contribution in [0.25, 0.3) is 0 Å². The van der Waals surface area contributed by atoms with Crippen molar-refractivity contribution in [2.24, 2.45) is 0 Å². The van der Waals surface area contributed by atoms with Crippen LogP contribution in [0, 0.1) is 5.82 Å². The lowest BCUT2D eigenvalue weighted by atomic mass is 9.93. The van der Waals surface area contributed by atoms with Gasteiger partial charge >= 0.3 is 5.97 Å². The van der Waals surface area contributed by atoms with Crippen LogP contribution in [0.2, 0.25) is 0 Å². The molecular formula is C13H16FNO2. The maximum atomic E-state index is 13.1. The second kappa shape index (κ2) is 4.45. The lowest BCUT2D eigenvalue weighted by Crippen LogP contribution is -2.48. The summed E-state index contributed by atoms with van der Waals surface area (Å²) < 4.78 is 13.1. The molecule has 17 heavy (non-hydrogen) atoms. The smallest absolute Gasteiger partial charge is 0.321 e. The molecule has 0 amide bonds. The maximum Gasteiger partial charge on any atom is 0.321 e. The van der Waals surface area contributed by atoms with E-state index in [0.29, 0.717) is 13.0 Å². The van der Waals surface area contributed by atoms with E-state index in [9.17, 15) is 14.3 Å². The number of carboxylic acid groups (broad SMARTS) is 1. The van der Waals surface area contributed by atoms with E-state index in [0.717, 1.165) is 11.1 Å². The number of hydrogen-bond acceptors (Lipinski definition) is 2. The number of carbonyl (C=O) groups is 1. The van der Waals surface area contributed by atoms with Crippen LogP contribution in [0.4, 0.5) is 4.39 Å². The van der Waals surface area contributed by atoms with E-state index in [1.54, 1.807) is 6.07 Å². The Balaban J connectivity index is 2.36. The van der Waals surface area contributed by atoms with Crippen molar-refractivity contribution in [1.82, 2.24) is 4.90 Å². The summed E-state index contributed by atoms with van der Waals surface area (Å²) in [6, 6.07) is 4.21. The number of halogens is 1. The van der Waals surface area contributed by atoms with Gasteiger partial charge < -0.3 is 5.11 Å². The fourth-order valence-electron chi connectivity index (χ4n) is 2.34. The van der Waals surface area contributed by atoms with Crippen molar-refractivity contribution < 1.29 is 14.3 Å². The summed E-state index contributed by atoms with van der Waals surface area (Å²) in [6.45, 7) is 4.42. The van der Waals surface area contributed by atoms with E-state index < -0.39 is 12.0 Å². The van der Waals surface area contributed by atoms with Crippen molar-refractivity contribution in [2.45, 2.75) is 38.9 Å². The van der Waals surface area contributed by atoms with E-state index in [1.807, 2.05) is 18.7 Å². The Morgan fingerprint density at radius 1 is 1.47 bits per heavy atom. The van der Waals surface area contributed by atoms with Crippen molar-refractivity contribution >= 4 is 5.97 Å². The Bertz CT molecular complexity index is 445. The first-order chi connectivity index (χ1) is 7.99. The molecule has 3 nitrogen and oxygen atoms in total. The maximum absolute atomic E-state index is 13.1. The van der Waals surface area contributed by atoms with Crippen molar-refractivity contribution in [2.75, 3.05) is 0 Å². The Kier molecular flexibility index (Phi) is 3.15. The third-order valence-electron chi connectivity index (χ3n) is 3.28. The number of hydrogen-bond donors (Lipinski definition) is 1. The molecule has 1 aromatic carbocycles. The van der Waals surface area contributed by atoms with Crippen LogP contribution in [0.5, 0.6) is 0 Å². The van der Waals surface area contributed by atoms with E-state index >= 15 is 0 Å². The van der Waals surface area contributed by atoms with Crippen LogP contribution in [-0.4, -0.2) is 28.1 Å². The van der Waals surface area contributed by atoms with Gasteiger partial charge in [-0.2, -0.15) is 0 Å². The quantitative estimate of drug-likeness (QED) is 0.855. The van der Waals surface area contributed by atoms with Crippen LogP contribution in [0.1, 0.15) is 25.0 Å². The molecule has 0 aliphatic carbocycles. The van der Waals surface area contributed by atoms with E-state index in [4.69, 9.17) is 0 Å². The Morgan fingerprint density at radius 2 is 2.18 bits per heavy atom. The molecule has 0 aromatic heterocycles. The fourth-order valence-corrected chi connectivity index (χ4v) is 2.34. The van der Waals surface area contributed by atoms with E-state index in [-0.39, 0.29) is 11.9 Å². The molecule has 1 unspecified atom stereocenters. The molecule has 1 heterocycles. The molecule has 2 rings (SSSR count). The van der Waals surface area contributed by atoms with E-state index in [1.165, 1.54) is 12.1 Å². The topological polar surface area (TPSA) is 40.5 Å². The fraction of sp³-hybridized carbons (Fsp3) is 0.462. The largest absolute Gasteiger partial charge is 0.480 e. The van der Waals surface area contributed by atoms with Crippen LogP contribution >= 0.6 is 0 Å². The number of rotatable bonds is 2. The van der Waals surface area contributed by atoms with Gasteiger partial charge in [0.2, 0.25) is 0 Å². The molecule has 0 bridgehead atoms. The Morgan fingerprint density at radius 3 is 2.76 bits per heavy atom. The first-order valence-electron chi connectivity index (χ1n) is 5.75. The van der Waals surface area contributed by atoms with Gasteiger partial charge in [0.15, 0.2) is 0 Å². The standard InChI is InChI=1S/C13H16FNO2/c1-8(2)15-7-10-5-11(14)4-3-9(10)6-12(15)13(16)17/h3-5,8,12H,6-7H2,1-2H3,(H,16,17). The zero-order valence-corrected chi connectivity index (χ0v) is 9.98. The zero-order valence-electron chi connectivity index (χ0n) is 9.98. The molecule has 4 heteroatoms. The highest BCUT2D eigenvalue weighted by Gasteiger charge is 2.32. The summed E-state index contributed by atoms with van der Waals surface area (Å²) in [5.41, 5.74) is 1.84. The van der Waals surface area contributed by atoms with Crippen molar-refractivity contribution in [1.29, 1.82) is 0 Å². The molecular weight excluding hydrogens is 221 g/mol. The molecule has 1 atom stereocenters. The van der Waals surface area contributed by atoms with Gasteiger partial charge in [-0.1, -0.05) is 6.07 Å². The predicted octanol–water partition coefficient (Wildman–Crippen LogP) is 2.05. The van der Waals surface area contributed by atoms with Gasteiger partial charge in [0.1, 0.15) is 11.9 Å². The Labute approximate surface area is 99.9 Å². The summed E-state index contributed by atoms with van der Waals surface area (Å²) in [5.74, 6) is -1.07. The molecule has 0 fully saturated rings. The second-order valence-electron chi connectivity index (χ2n) is 4.74. The van der Waals surface area contributed by atoms with Gasteiger partial charge in [0.25, 0.3) is 0 Å². The zero-order chi connectivity index (χ0) is 12.6. The lowest BCUT2D eigenvalue weighted by molar-refractivity contribution is -0.144. The molecule has 92 valence electrons. The highest BCUT2D eigenvalue weighted by Crippen LogP contribution is 2.25. The molecule has 1 aliphatic rings. The number of carboxylic acids is 1. The minimum Gasteiger partial charge on any atom is -0.480 e. The van der Waals surface area contributed by atoms with Crippen LogP contribution in [-0.2, 0) is 17.8 Å². The van der Waals surface area contributed by atoms with Gasteiger partial charge in [-0.15, -0.1) is 0 Å². The van der Waals surface area contributed by atoms with Gasteiger partial charge in [0, 0.05) is 12.6 Å². The Hall–Kier alpha value is -1.42. The van der Waals surface area contributed by atoms with Crippen LogP contribution in [0.15, 0.2) is 18.2 Å². The highest BCUT2D eigenvalue weighted by atomic mass is 19.1.